The molecule has 4 rings (SSSR count). The van der Waals surface area contributed by atoms with E-state index in [1.165, 1.54) is 5.56 Å². The maximum absolute atomic E-state index is 9.73. The first-order valence-corrected chi connectivity index (χ1v) is 9.30. The number of aliphatic hydroxyl groups is 1. The maximum Gasteiger partial charge on any atom is 0.147 e. The number of nitrogens with one attached hydrogen (secondary N) is 1. The topological polar surface area (TPSA) is 98.2 Å². The van der Waals surface area contributed by atoms with Gasteiger partial charge in [-0.1, -0.05) is 0 Å². The fourth-order valence-corrected chi connectivity index (χ4v) is 4.15. The van der Waals surface area contributed by atoms with E-state index >= 15 is 0 Å². The summed E-state index contributed by atoms with van der Waals surface area (Å²) >= 11 is 0. The van der Waals surface area contributed by atoms with E-state index in [4.69, 9.17) is 10.5 Å². The molecule has 1 aliphatic heterocycles. The van der Waals surface area contributed by atoms with Crippen LogP contribution in [-0.4, -0.2) is 44.9 Å². The summed E-state index contributed by atoms with van der Waals surface area (Å²) in [6.07, 6.45) is 9.86. The Kier molecular flexibility index (Phi) is 4.87. The zero-order valence-corrected chi connectivity index (χ0v) is 14.5. The van der Waals surface area contributed by atoms with Gasteiger partial charge < -0.3 is 25.5 Å². The normalized spacial score (nSPS) is 25.4. The quantitative estimate of drug-likeness (QED) is 0.783. The predicted molar refractivity (Wildman–Crippen MR) is 96.4 cm³/mol. The lowest BCUT2D eigenvalue weighted by Crippen LogP contribution is -2.33. The molecule has 25 heavy (non-hydrogen) atoms. The summed E-state index contributed by atoms with van der Waals surface area (Å²) in [5.74, 6) is 1.31. The van der Waals surface area contributed by atoms with Gasteiger partial charge in [0, 0.05) is 31.5 Å². The molecule has 2 fully saturated rings. The van der Waals surface area contributed by atoms with Gasteiger partial charge in [-0.15, -0.1) is 0 Å². The van der Waals surface area contributed by atoms with E-state index in [0.717, 1.165) is 68.6 Å². The molecule has 1 aliphatic carbocycles. The molecular weight excluding hydrogens is 318 g/mol. The van der Waals surface area contributed by atoms with Crippen LogP contribution in [0.4, 0.5) is 5.82 Å². The number of hydrogen-bond donors (Lipinski definition) is 3. The molecule has 0 radical (unpaired) electrons. The first-order chi connectivity index (χ1) is 12.3. The zero-order valence-electron chi connectivity index (χ0n) is 14.5. The van der Waals surface area contributed by atoms with Crippen molar-refractivity contribution in [1.82, 2.24) is 14.5 Å². The minimum Gasteiger partial charge on any atom is -0.381 e. The molecule has 1 saturated heterocycles. The second-order valence-electron chi connectivity index (χ2n) is 7.26. The van der Waals surface area contributed by atoms with Crippen LogP contribution in [0.1, 0.15) is 50.0 Å². The Bertz CT molecular complexity index is 718. The van der Waals surface area contributed by atoms with E-state index in [9.17, 15) is 5.11 Å². The SMILES string of the molecule is NC1CCC(Nc2ncnc3c2c(C2CCOCC2)cn3CO)CC1. The van der Waals surface area contributed by atoms with Crippen molar-refractivity contribution in [2.24, 2.45) is 5.73 Å². The van der Waals surface area contributed by atoms with E-state index in [0.29, 0.717) is 18.0 Å². The van der Waals surface area contributed by atoms with Gasteiger partial charge >= 0.3 is 0 Å². The van der Waals surface area contributed by atoms with E-state index in [1.54, 1.807) is 6.33 Å². The van der Waals surface area contributed by atoms with E-state index < -0.39 is 0 Å². The Hall–Kier alpha value is -1.70. The molecule has 2 aromatic heterocycles. The van der Waals surface area contributed by atoms with Crippen molar-refractivity contribution in [3.05, 3.63) is 18.1 Å². The smallest absolute Gasteiger partial charge is 0.147 e. The van der Waals surface area contributed by atoms with E-state index in [-0.39, 0.29) is 6.73 Å². The first kappa shape index (κ1) is 16.8. The number of anilines is 1. The van der Waals surface area contributed by atoms with Crippen molar-refractivity contribution in [2.75, 3.05) is 18.5 Å². The zero-order chi connectivity index (χ0) is 17.2. The highest BCUT2D eigenvalue weighted by Gasteiger charge is 2.25. The Labute approximate surface area is 147 Å². The fourth-order valence-electron chi connectivity index (χ4n) is 4.15. The summed E-state index contributed by atoms with van der Waals surface area (Å²) in [5, 5.41) is 14.4. The van der Waals surface area contributed by atoms with Gasteiger partial charge in [-0.3, -0.25) is 0 Å². The van der Waals surface area contributed by atoms with Crippen LogP contribution in [0.15, 0.2) is 12.5 Å². The predicted octanol–water partition coefficient (Wildman–Crippen LogP) is 1.96. The molecule has 0 aromatic carbocycles. The van der Waals surface area contributed by atoms with Gasteiger partial charge in [-0.05, 0) is 50.0 Å². The fraction of sp³-hybridized carbons (Fsp3) is 0.667. The number of nitrogens with zero attached hydrogens (tertiary/aromatic N) is 3. The van der Waals surface area contributed by atoms with E-state index in [1.807, 2.05) is 10.8 Å². The molecule has 7 nitrogen and oxygen atoms in total. The van der Waals surface area contributed by atoms with Crippen LogP contribution < -0.4 is 11.1 Å². The lowest BCUT2D eigenvalue weighted by Gasteiger charge is -2.28. The maximum atomic E-state index is 9.73. The molecule has 136 valence electrons. The van der Waals surface area contributed by atoms with Crippen LogP contribution in [0, 0.1) is 0 Å². The minimum absolute atomic E-state index is 0.0749. The Morgan fingerprint density at radius 1 is 1.16 bits per heavy atom. The van der Waals surface area contributed by atoms with Crippen molar-refractivity contribution < 1.29 is 9.84 Å². The second kappa shape index (κ2) is 7.27. The highest BCUT2D eigenvalue weighted by Crippen LogP contribution is 2.36. The number of aliphatic hydroxyl groups excluding tert-OH is 1. The molecule has 0 spiro atoms. The molecular formula is C18H27N5O2. The van der Waals surface area contributed by atoms with E-state index in [2.05, 4.69) is 15.3 Å². The third-order valence-corrected chi connectivity index (χ3v) is 5.61. The van der Waals surface area contributed by atoms with Crippen LogP contribution in [0.25, 0.3) is 11.0 Å². The molecule has 2 aliphatic rings. The van der Waals surface area contributed by atoms with Gasteiger partial charge in [0.15, 0.2) is 0 Å². The van der Waals surface area contributed by atoms with Crippen molar-refractivity contribution >= 4 is 16.9 Å². The van der Waals surface area contributed by atoms with Gasteiger partial charge in [0.25, 0.3) is 0 Å². The molecule has 7 heteroatoms. The molecule has 4 N–H and O–H groups in total. The van der Waals surface area contributed by atoms with Gasteiger partial charge in [0.05, 0.1) is 5.39 Å². The molecule has 3 heterocycles. The Balaban J connectivity index is 1.69. The lowest BCUT2D eigenvalue weighted by atomic mass is 9.90. The number of nitrogens with two attached hydrogens (primary N) is 1. The number of fused-ring (bicyclic) bond motifs is 1. The second-order valence-corrected chi connectivity index (χ2v) is 7.26. The summed E-state index contributed by atoms with van der Waals surface area (Å²) in [4.78, 5) is 8.98. The Morgan fingerprint density at radius 2 is 1.92 bits per heavy atom. The third kappa shape index (κ3) is 3.36. The standard InChI is InChI=1S/C18H27N5O2/c19-13-1-3-14(4-2-13)22-17-16-15(12-5-7-25-8-6-12)9-23(11-24)18(16)21-10-20-17/h9-10,12-14,24H,1-8,11,19H2,(H,20,21,22). The van der Waals surface area contributed by atoms with Crippen LogP contribution in [0.5, 0.6) is 0 Å². The third-order valence-electron chi connectivity index (χ3n) is 5.61. The van der Waals surface area contributed by atoms with Crippen LogP contribution >= 0.6 is 0 Å². The molecule has 0 bridgehead atoms. The summed E-state index contributed by atoms with van der Waals surface area (Å²) < 4.78 is 7.32. The summed E-state index contributed by atoms with van der Waals surface area (Å²) in [7, 11) is 0. The average Bonchev–Trinajstić information content (AvgIpc) is 3.04. The highest BCUT2D eigenvalue weighted by molar-refractivity contribution is 5.91. The Morgan fingerprint density at radius 3 is 2.64 bits per heavy atom. The monoisotopic (exact) mass is 345 g/mol. The molecule has 0 unspecified atom stereocenters. The number of ether oxygens (including phenoxy) is 1. The van der Waals surface area contributed by atoms with Crippen molar-refractivity contribution in [1.29, 1.82) is 0 Å². The molecule has 2 aromatic rings. The summed E-state index contributed by atoms with van der Waals surface area (Å²) in [5.41, 5.74) is 8.05. The van der Waals surface area contributed by atoms with Crippen molar-refractivity contribution in [3.8, 4) is 0 Å². The number of aromatic nitrogens is 3. The largest absolute Gasteiger partial charge is 0.381 e. The molecule has 0 amide bonds. The summed E-state index contributed by atoms with van der Waals surface area (Å²) in [6.45, 7) is 1.50. The van der Waals surface area contributed by atoms with Gasteiger partial charge in [0.1, 0.15) is 24.5 Å². The van der Waals surface area contributed by atoms with Crippen molar-refractivity contribution in [2.45, 2.75) is 63.3 Å². The summed E-state index contributed by atoms with van der Waals surface area (Å²) in [6, 6.07) is 0.731. The van der Waals surface area contributed by atoms with Gasteiger partial charge in [0.2, 0.25) is 0 Å². The number of rotatable bonds is 4. The van der Waals surface area contributed by atoms with Crippen LogP contribution in [-0.2, 0) is 11.5 Å². The van der Waals surface area contributed by atoms with Gasteiger partial charge in [-0.2, -0.15) is 0 Å². The molecule has 0 atom stereocenters. The van der Waals surface area contributed by atoms with Crippen LogP contribution in [0.3, 0.4) is 0 Å². The average molecular weight is 345 g/mol. The number of hydrogen-bond acceptors (Lipinski definition) is 6. The first-order valence-electron chi connectivity index (χ1n) is 9.30. The van der Waals surface area contributed by atoms with Gasteiger partial charge in [-0.25, -0.2) is 9.97 Å². The highest BCUT2D eigenvalue weighted by atomic mass is 16.5. The van der Waals surface area contributed by atoms with Crippen molar-refractivity contribution in [3.63, 3.8) is 0 Å². The lowest BCUT2D eigenvalue weighted by molar-refractivity contribution is 0.0855. The minimum atomic E-state index is -0.0749. The van der Waals surface area contributed by atoms with Crippen LogP contribution in [0.2, 0.25) is 0 Å². The molecule has 1 saturated carbocycles.